The second-order valence-electron chi connectivity index (χ2n) is 6.25. The zero-order valence-corrected chi connectivity index (χ0v) is 16.6. The molecule has 8 heteroatoms. The third kappa shape index (κ3) is 6.24. The maximum Gasteiger partial charge on any atom is 0.306 e. The van der Waals surface area contributed by atoms with Gasteiger partial charge in [0.2, 0.25) is 5.91 Å². The minimum Gasteiger partial charge on any atom is -0.493 e. The molecule has 0 aromatic heterocycles. The van der Waals surface area contributed by atoms with Gasteiger partial charge in [-0.25, -0.2) is 0 Å². The van der Waals surface area contributed by atoms with E-state index in [9.17, 15) is 14.4 Å². The van der Waals surface area contributed by atoms with Crippen molar-refractivity contribution in [2.75, 3.05) is 19.5 Å². The Morgan fingerprint density at radius 2 is 1.66 bits per heavy atom. The number of carbonyl (C=O) groups is 3. The minimum absolute atomic E-state index is 0.112. The van der Waals surface area contributed by atoms with Crippen molar-refractivity contribution >= 4 is 23.5 Å². The number of nitrogens with two attached hydrogens (primary N) is 1. The topological polar surface area (TPSA) is 117 Å². The molecule has 29 heavy (non-hydrogen) atoms. The van der Waals surface area contributed by atoms with Gasteiger partial charge in [-0.05, 0) is 55.3 Å². The number of anilines is 1. The summed E-state index contributed by atoms with van der Waals surface area (Å²) in [5.74, 6) is -0.344. The molecule has 2 amide bonds. The predicted octanol–water partition coefficient (Wildman–Crippen LogP) is 2.31. The summed E-state index contributed by atoms with van der Waals surface area (Å²) in [6.45, 7) is 1.49. The van der Waals surface area contributed by atoms with Gasteiger partial charge in [0.05, 0.1) is 14.2 Å². The molecule has 0 heterocycles. The quantitative estimate of drug-likeness (QED) is 0.624. The van der Waals surface area contributed by atoms with Gasteiger partial charge in [-0.1, -0.05) is 6.07 Å². The van der Waals surface area contributed by atoms with Crippen molar-refractivity contribution in [2.24, 2.45) is 5.73 Å². The number of methoxy groups -OCH3 is 2. The van der Waals surface area contributed by atoms with E-state index in [-0.39, 0.29) is 6.42 Å². The molecule has 8 nitrogen and oxygen atoms in total. The Bertz CT molecular complexity index is 879. The summed E-state index contributed by atoms with van der Waals surface area (Å²) in [6, 6.07) is 11.5. The first kappa shape index (κ1) is 21.7. The molecule has 0 saturated carbocycles. The van der Waals surface area contributed by atoms with E-state index in [1.807, 2.05) is 6.07 Å². The predicted molar refractivity (Wildman–Crippen MR) is 107 cm³/mol. The summed E-state index contributed by atoms with van der Waals surface area (Å²) in [5, 5.41) is 2.62. The van der Waals surface area contributed by atoms with Gasteiger partial charge in [-0.2, -0.15) is 0 Å². The van der Waals surface area contributed by atoms with Crippen LogP contribution in [-0.4, -0.2) is 38.1 Å². The van der Waals surface area contributed by atoms with Crippen molar-refractivity contribution in [3.8, 4) is 11.5 Å². The van der Waals surface area contributed by atoms with E-state index < -0.39 is 23.9 Å². The molecule has 0 saturated heterocycles. The van der Waals surface area contributed by atoms with E-state index in [2.05, 4.69) is 5.32 Å². The fourth-order valence-electron chi connectivity index (χ4n) is 2.55. The summed E-state index contributed by atoms with van der Waals surface area (Å²) in [7, 11) is 3.09. The van der Waals surface area contributed by atoms with Gasteiger partial charge in [-0.3, -0.25) is 14.4 Å². The van der Waals surface area contributed by atoms with E-state index in [0.29, 0.717) is 29.2 Å². The van der Waals surface area contributed by atoms with Crippen molar-refractivity contribution in [1.82, 2.24) is 0 Å². The number of rotatable bonds is 9. The molecule has 1 atom stereocenters. The van der Waals surface area contributed by atoms with Crippen molar-refractivity contribution in [1.29, 1.82) is 0 Å². The first-order valence-electron chi connectivity index (χ1n) is 8.95. The highest BCUT2D eigenvalue weighted by Crippen LogP contribution is 2.28. The number of amides is 2. The molecule has 2 aromatic carbocycles. The van der Waals surface area contributed by atoms with Crippen molar-refractivity contribution in [3.63, 3.8) is 0 Å². The monoisotopic (exact) mass is 400 g/mol. The van der Waals surface area contributed by atoms with E-state index in [0.717, 1.165) is 5.56 Å². The summed E-state index contributed by atoms with van der Waals surface area (Å²) < 4.78 is 15.6. The summed E-state index contributed by atoms with van der Waals surface area (Å²) in [5.41, 5.74) is 6.85. The van der Waals surface area contributed by atoms with Gasteiger partial charge >= 0.3 is 5.97 Å². The van der Waals surface area contributed by atoms with Crippen LogP contribution < -0.4 is 20.5 Å². The number of ether oxygens (including phenoxy) is 3. The molecule has 0 aliphatic heterocycles. The molecule has 2 aromatic rings. The van der Waals surface area contributed by atoms with Gasteiger partial charge in [0.1, 0.15) is 0 Å². The maximum absolute atomic E-state index is 12.2. The van der Waals surface area contributed by atoms with Crippen LogP contribution in [0.2, 0.25) is 0 Å². The summed E-state index contributed by atoms with van der Waals surface area (Å²) in [6.07, 6.45) is -0.425. The van der Waals surface area contributed by atoms with E-state index >= 15 is 0 Å². The lowest BCUT2D eigenvalue weighted by Gasteiger charge is -2.14. The highest BCUT2D eigenvalue weighted by Gasteiger charge is 2.18. The standard InChI is InChI=1S/C21H24N2O6/c1-13(21(26)23-16-8-6-15(7-9-16)20(22)25)29-19(24)11-5-14-4-10-17(27-2)18(12-14)28-3/h4,6-10,12-13H,5,11H2,1-3H3,(H2,22,25)(H,23,26). The minimum atomic E-state index is -0.969. The van der Waals surface area contributed by atoms with Crippen LogP contribution in [0.25, 0.3) is 0 Å². The van der Waals surface area contributed by atoms with Crippen molar-refractivity contribution in [3.05, 3.63) is 53.6 Å². The molecule has 0 fully saturated rings. The van der Waals surface area contributed by atoms with Crippen molar-refractivity contribution < 1.29 is 28.6 Å². The number of carbonyl (C=O) groups excluding carboxylic acids is 3. The first-order chi connectivity index (χ1) is 13.8. The molecular weight excluding hydrogens is 376 g/mol. The van der Waals surface area contributed by atoms with Crippen LogP contribution in [0.3, 0.4) is 0 Å². The lowest BCUT2D eigenvalue weighted by Crippen LogP contribution is -2.30. The van der Waals surface area contributed by atoms with Crippen LogP contribution in [0.5, 0.6) is 11.5 Å². The van der Waals surface area contributed by atoms with E-state index in [1.54, 1.807) is 31.4 Å². The molecule has 0 aliphatic carbocycles. The lowest BCUT2D eigenvalue weighted by molar-refractivity contribution is -0.153. The fourth-order valence-corrected chi connectivity index (χ4v) is 2.55. The highest BCUT2D eigenvalue weighted by atomic mass is 16.5. The molecule has 0 spiro atoms. The third-order valence-electron chi connectivity index (χ3n) is 4.18. The Morgan fingerprint density at radius 1 is 1.00 bits per heavy atom. The van der Waals surface area contributed by atoms with E-state index in [4.69, 9.17) is 19.9 Å². The van der Waals surface area contributed by atoms with Gasteiger partial charge < -0.3 is 25.3 Å². The molecule has 0 bridgehead atoms. The van der Waals surface area contributed by atoms with Crippen LogP contribution in [0.15, 0.2) is 42.5 Å². The smallest absolute Gasteiger partial charge is 0.306 e. The van der Waals surface area contributed by atoms with Crippen LogP contribution in [0.1, 0.15) is 29.3 Å². The maximum atomic E-state index is 12.2. The molecule has 0 radical (unpaired) electrons. The van der Waals surface area contributed by atoms with Gasteiger partial charge in [0.25, 0.3) is 5.91 Å². The molecule has 0 aliphatic rings. The second-order valence-corrected chi connectivity index (χ2v) is 6.25. The zero-order chi connectivity index (χ0) is 21.4. The first-order valence-corrected chi connectivity index (χ1v) is 8.95. The summed E-state index contributed by atoms with van der Waals surface area (Å²) in [4.78, 5) is 35.3. The molecule has 3 N–H and O–H groups in total. The van der Waals surface area contributed by atoms with E-state index in [1.165, 1.54) is 26.2 Å². The number of aryl methyl sites for hydroxylation is 1. The Balaban J connectivity index is 1.85. The Hall–Kier alpha value is -3.55. The number of hydrogen-bond acceptors (Lipinski definition) is 6. The molecular formula is C21H24N2O6. The van der Waals surface area contributed by atoms with Crippen LogP contribution in [0, 0.1) is 0 Å². The van der Waals surface area contributed by atoms with Gasteiger partial charge in [0.15, 0.2) is 17.6 Å². The van der Waals surface area contributed by atoms with Crippen LogP contribution >= 0.6 is 0 Å². The number of esters is 1. The number of hydrogen-bond donors (Lipinski definition) is 2. The summed E-state index contributed by atoms with van der Waals surface area (Å²) >= 11 is 0. The van der Waals surface area contributed by atoms with Crippen LogP contribution in [-0.2, 0) is 20.7 Å². The van der Waals surface area contributed by atoms with Gasteiger partial charge in [-0.15, -0.1) is 0 Å². The largest absolute Gasteiger partial charge is 0.493 e. The second kappa shape index (κ2) is 10.1. The zero-order valence-electron chi connectivity index (χ0n) is 16.6. The number of benzene rings is 2. The Labute approximate surface area is 168 Å². The number of primary amides is 1. The molecule has 1 unspecified atom stereocenters. The normalized spacial score (nSPS) is 11.3. The van der Waals surface area contributed by atoms with Crippen LogP contribution in [0.4, 0.5) is 5.69 Å². The molecule has 2 rings (SSSR count). The van der Waals surface area contributed by atoms with Gasteiger partial charge in [0, 0.05) is 17.7 Å². The Morgan fingerprint density at radius 3 is 2.24 bits per heavy atom. The van der Waals surface area contributed by atoms with Crippen molar-refractivity contribution in [2.45, 2.75) is 25.9 Å². The fraction of sp³-hybridized carbons (Fsp3) is 0.286. The highest BCUT2D eigenvalue weighted by molar-refractivity contribution is 5.96. The average molecular weight is 400 g/mol. The average Bonchev–Trinajstić information content (AvgIpc) is 2.72. The third-order valence-corrected chi connectivity index (χ3v) is 4.18. The Kier molecular flexibility index (Phi) is 7.59. The number of nitrogens with one attached hydrogen (secondary N) is 1. The molecule has 154 valence electrons. The SMILES string of the molecule is COc1ccc(CCC(=O)OC(C)C(=O)Nc2ccc(C(N)=O)cc2)cc1OC. The lowest BCUT2D eigenvalue weighted by atomic mass is 10.1.